The molecule has 1 saturated heterocycles. The number of hydrogen-bond donors (Lipinski definition) is 1. The Balaban J connectivity index is 2.14. The molecule has 1 aromatic carbocycles. The lowest BCUT2D eigenvalue weighted by Gasteiger charge is -2.30. The third kappa shape index (κ3) is 3.07. The van der Waals surface area contributed by atoms with Crippen molar-refractivity contribution in [3.05, 3.63) is 34.3 Å². The fourth-order valence-electron chi connectivity index (χ4n) is 2.27. The van der Waals surface area contributed by atoms with Crippen molar-refractivity contribution < 1.29 is 14.7 Å². The third-order valence-corrected chi connectivity index (χ3v) is 3.88. The van der Waals surface area contributed by atoms with Crippen molar-refractivity contribution in [2.24, 2.45) is 5.92 Å². The molecule has 1 N–H and O–H groups in total. The number of aliphatic carboxylic acids is 1. The lowest BCUT2D eigenvalue weighted by molar-refractivity contribution is -0.143. The number of nitrogens with zero attached hydrogens (tertiary/aromatic N) is 1. The van der Waals surface area contributed by atoms with Crippen LogP contribution in [0.2, 0.25) is 5.02 Å². The van der Waals surface area contributed by atoms with Crippen molar-refractivity contribution in [2.75, 3.05) is 13.1 Å². The van der Waals surface area contributed by atoms with Gasteiger partial charge in [0.1, 0.15) is 0 Å². The van der Waals surface area contributed by atoms with Gasteiger partial charge in [-0.1, -0.05) is 17.7 Å². The highest BCUT2D eigenvalue weighted by Crippen LogP contribution is 2.21. The van der Waals surface area contributed by atoms with Crippen LogP contribution >= 0.6 is 11.6 Å². The van der Waals surface area contributed by atoms with Crippen LogP contribution in [0.1, 0.15) is 28.8 Å². The highest BCUT2D eigenvalue weighted by molar-refractivity contribution is 6.31. The number of halogens is 1. The smallest absolute Gasteiger partial charge is 0.308 e. The monoisotopic (exact) mass is 281 g/mol. The summed E-state index contributed by atoms with van der Waals surface area (Å²) in [5.74, 6) is -1.44. The normalized spacial score (nSPS) is 19.3. The number of piperidine rings is 1. The molecule has 1 amide bonds. The molecule has 1 atom stereocenters. The van der Waals surface area contributed by atoms with Crippen LogP contribution in [0.3, 0.4) is 0 Å². The first-order valence-electron chi connectivity index (χ1n) is 6.27. The van der Waals surface area contributed by atoms with Crippen molar-refractivity contribution in [3.63, 3.8) is 0 Å². The number of hydrogen-bond acceptors (Lipinski definition) is 2. The zero-order chi connectivity index (χ0) is 14.0. The van der Waals surface area contributed by atoms with E-state index < -0.39 is 11.9 Å². The topological polar surface area (TPSA) is 57.6 Å². The molecule has 1 heterocycles. The van der Waals surface area contributed by atoms with Gasteiger partial charge in [-0.25, -0.2) is 0 Å². The molecular weight excluding hydrogens is 266 g/mol. The molecule has 102 valence electrons. The van der Waals surface area contributed by atoms with Gasteiger partial charge in [-0.05, 0) is 37.5 Å². The molecule has 19 heavy (non-hydrogen) atoms. The maximum atomic E-state index is 12.3. The van der Waals surface area contributed by atoms with Crippen molar-refractivity contribution in [3.8, 4) is 0 Å². The van der Waals surface area contributed by atoms with Gasteiger partial charge >= 0.3 is 5.97 Å². The largest absolute Gasteiger partial charge is 0.481 e. The average Bonchev–Trinajstić information content (AvgIpc) is 2.41. The van der Waals surface area contributed by atoms with Crippen molar-refractivity contribution in [1.82, 2.24) is 4.90 Å². The second-order valence-electron chi connectivity index (χ2n) is 4.89. The summed E-state index contributed by atoms with van der Waals surface area (Å²) in [6, 6.07) is 5.17. The minimum absolute atomic E-state index is 0.146. The van der Waals surface area contributed by atoms with E-state index in [1.54, 1.807) is 23.1 Å². The van der Waals surface area contributed by atoms with Crippen molar-refractivity contribution in [2.45, 2.75) is 19.8 Å². The summed E-state index contributed by atoms with van der Waals surface area (Å²) >= 11 is 6.01. The van der Waals surface area contributed by atoms with E-state index in [4.69, 9.17) is 16.7 Å². The SMILES string of the molecule is Cc1ccc(C(=O)N2CCC[C@H](C(=O)O)C2)cc1Cl. The number of likely N-dealkylation sites (tertiary alicyclic amines) is 1. The Bertz CT molecular complexity index is 515. The van der Waals surface area contributed by atoms with E-state index in [0.29, 0.717) is 23.6 Å². The van der Waals surface area contributed by atoms with Crippen LogP contribution in [0, 0.1) is 12.8 Å². The van der Waals surface area contributed by atoms with E-state index >= 15 is 0 Å². The molecule has 0 saturated carbocycles. The van der Waals surface area contributed by atoms with Gasteiger partial charge in [0.05, 0.1) is 5.92 Å². The molecular formula is C14H16ClNO3. The predicted molar refractivity (Wildman–Crippen MR) is 72.5 cm³/mol. The molecule has 0 unspecified atom stereocenters. The molecule has 1 aliphatic heterocycles. The quantitative estimate of drug-likeness (QED) is 0.906. The first kappa shape index (κ1) is 13.9. The lowest BCUT2D eigenvalue weighted by atomic mass is 9.97. The highest BCUT2D eigenvalue weighted by atomic mass is 35.5. The van der Waals surface area contributed by atoms with Gasteiger partial charge in [-0.15, -0.1) is 0 Å². The van der Waals surface area contributed by atoms with Gasteiger partial charge in [0.2, 0.25) is 0 Å². The summed E-state index contributed by atoms with van der Waals surface area (Å²) in [4.78, 5) is 24.9. The lowest BCUT2D eigenvalue weighted by Crippen LogP contribution is -2.42. The zero-order valence-electron chi connectivity index (χ0n) is 10.7. The molecule has 0 radical (unpaired) electrons. The van der Waals surface area contributed by atoms with E-state index in [2.05, 4.69) is 0 Å². The Morgan fingerprint density at radius 3 is 2.79 bits per heavy atom. The van der Waals surface area contributed by atoms with Crippen LogP contribution in [0.4, 0.5) is 0 Å². The van der Waals surface area contributed by atoms with Crippen LogP contribution in [0.5, 0.6) is 0 Å². The Kier molecular flexibility index (Phi) is 4.10. The molecule has 2 rings (SSSR count). The Hall–Kier alpha value is -1.55. The second-order valence-corrected chi connectivity index (χ2v) is 5.30. The summed E-state index contributed by atoms with van der Waals surface area (Å²) < 4.78 is 0. The molecule has 5 heteroatoms. The van der Waals surface area contributed by atoms with Crippen LogP contribution in [-0.4, -0.2) is 35.0 Å². The van der Waals surface area contributed by atoms with Gasteiger partial charge in [0.25, 0.3) is 5.91 Å². The summed E-state index contributed by atoms with van der Waals surface area (Å²) in [7, 11) is 0. The molecule has 1 aromatic rings. The number of rotatable bonds is 2. The maximum absolute atomic E-state index is 12.3. The number of benzene rings is 1. The minimum atomic E-state index is -0.834. The predicted octanol–water partition coefficient (Wildman–Crippen LogP) is 2.59. The molecule has 0 aliphatic carbocycles. The summed E-state index contributed by atoms with van der Waals surface area (Å²) in [5.41, 5.74) is 1.43. The maximum Gasteiger partial charge on any atom is 0.308 e. The third-order valence-electron chi connectivity index (χ3n) is 3.48. The number of carbonyl (C=O) groups is 2. The fourth-order valence-corrected chi connectivity index (χ4v) is 2.45. The molecule has 0 aromatic heterocycles. The van der Waals surface area contributed by atoms with Crippen LogP contribution in [0.15, 0.2) is 18.2 Å². The Morgan fingerprint density at radius 2 is 2.16 bits per heavy atom. The summed E-state index contributed by atoms with van der Waals surface area (Å²) in [5, 5.41) is 9.58. The summed E-state index contributed by atoms with van der Waals surface area (Å²) in [6.45, 7) is 2.76. The van der Waals surface area contributed by atoms with Gasteiger partial charge in [-0.2, -0.15) is 0 Å². The number of amides is 1. The molecule has 0 spiro atoms. The first-order chi connectivity index (χ1) is 8.99. The van der Waals surface area contributed by atoms with E-state index in [0.717, 1.165) is 12.0 Å². The van der Waals surface area contributed by atoms with E-state index in [9.17, 15) is 9.59 Å². The molecule has 4 nitrogen and oxygen atoms in total. The minimum Gasteiger partial charge on any atom is -0.481 e. The standard InChI is InChI=1S/C14H16ClNO3/c1-9-4-5-10(7-12(9)15)13(17)16-6-2-3-11(8-16)14(18)19/h4-5,7,11H,2-3,6,8H2,1H3,(H,18,19)/t11-/m0/s1. The molecule has 0 bridgehead atoms. The molecule has 1 aliphatic rings. The first-order valence-corrected chi connectivity index (χ1v) is 6.65. The van der Waals surface area contributed by atoms with Crippen molar-refractivity contribution >= 4 is 23.5 Å². The summed E-state index contributed by atoms with van der Waals surface area (Å²) in [6.07, 6.45) is 1.36. The average molecular weight is 282 g/mol. The Labute approximate surface area is 117 Å². The number of carboxylic acids is 1. The fraction of sp³-hybridized carbons (Fsp3) is 0.429. The highest BCUT2D eigenvalue weighted by Gasteiger charge is 2.28. The van der Waals surface area contributed by atoms with Gasteiger partial charge in [-0.3, -0.25) is 9.59 Å². The van der Waals surface area contributed by atoms with Gasteiger partial charge in [0.15, 0.2) is 0 Å². The van der Waals surface area contributed by atoms with E-state index in [-0.39, 0.29) is 12.5 Å². The van der Waals surface area contributed by atoms with Crippen LogP contribution < -0.4 is 0 Å². The van der Waals surface area contributed by atoms with E-state index in [1.807, 2.05) is 6.92 Å². The van der Waals surface area contributed by atoms with Gasteiger partial charge in [0, 0.05) is 23.7 Å². The van der Waals surface area contributed by atoms with Crippen LogP contribution in [-0.2, 0) is 4.79 Å². The van der Waals surface area contributed by atoms with Gasteiger partial charge < -0.3 is 10.0 Å². The number of carbonyl (C=O) groups excluding carboxylic acids is 1. The van der Waals surface area contributed by atoms with E-state index in [1.165, 1.54) is 0 Å². The number of carboxylic acid groups (broad SMARTS) is 1. The van der Waals surface area contributed by atoms with Crippen molar-refractivity contribution in [1.29, 1.82) is 0 Å². The molecule has 1 fully saturated rings. The number of aryl methyl sites for hydroxylation is 1. The Morgan fingerprint density at radius 1 is 1.42 bits per heavy atom. The van der Waals surface area contributed by atoms with Crippen LogP contribution in [0.25, 0.3) is 0 Å². The zero-order valence-corrected chi connectivity index (χ0v) is 11.5. The second kappa shape index (κ2) is 5.61.